The van der Waals surface area contributed by atoms with E-state index in [-0.39, 0.29) is 33.3 Å². The molecule has 266 valence electrons. The molecule has 2 aliphatic heterocycles. The van der Waals surface area contributed by atoms with Crippen LogP contribution in [0.1, 0.15) is 25.3 Å². The fraction of sp³-hybridized carbons (Fsp3) is 0.297. The van der Waals surface area contributed by atoms with Crippen LogP contribution in [0.25, 0.3) is 22.2 Å². The first-order chi connectivity index (χ1) is 24.5. The number of piperidine rings is 1. The third kappa shape index (κ3) is 7.44. The van der Waals surface area contributed by atoms with Gasteiger partial charge < -0.3 is 15.0 Å². The van der Waals surface area contributed by atoms with Gasteiger partial charge >= 0.3 is 0 Å². The van der Waals surface area contributed by atoms with Crippen molar-refractivity contribution in [2.24, 2.45) is 0 Å². The van der Waals surface area contributed by atoms with E-state index in [1.165, 1.54) is 0 Å². The van der Waals surface area contributed by atoms with Crippen molar-refractivity contribution in [3.05, 3.63) is 99.4 Å². The van der Waals surface area contributed by atoms with Gasteiger partial charge in [-0.3, -0.25) is 13.6 Å². The molecule has 2 aliphatic rings. The van der Waals surface area contributed by atoms with Crippen molar-refractivity contribution in [3.8, 4) is 16.9 Å². The number of halogens is 2. The number of aromatic nitrogens is 3. The Balaban J connectivity index is 1.26. The highest BCUT2D eigenvalue weighted by molar-refractivity contribution is 8.00. The van der Waals surface area contributed by atoms with Crippen LogP contribution in [0.2, 0.25) is 10.0 Å². The first kappa shape index (κ1) is 35.6. The van der Waals surface area contributed by atoms with Crippen LogP contribution in [0.3, 0.4) is 0 Å². The summed E-state index contributed by atoms with van der Waals surface area (Å²) in [5.74, 6) is 5.12. The normalized spacial score (nSPS) is 19.2. The molecule has 2 aromatic heterocycles. The number of fused-ring (bicyclic) bond motifs is 1. The van der Waals surface area contributed by atoms with Crippen LogP contribution in [0.4, 0.5) is 11.6 Å². The maximum Gasteiger partial charge on any atom is 0.260 e. The minimum Gasteiger partial charge on any atom is -0.489 e. The van der Waals surface area contributed by atoms with Crippen LogP contribution in [0.15, 0.2) is 93.6 Å². The molecule has 2 saturated heterocycles. The second-order valence-electron chi connectivity index (χ2n) is 13.0. The molecule has 3 aromatic carbocycles. The molecule has 2 fully saturated rings. The van der Waals surface area contributed by atoms with E-state index in [2.05, 4.69) is 28.1 Å². The summed E-state index contributed by atoms with van der Waals surface area (Å²) in [4.78, 5) is 27.2. The first-order valence-corrected chi connectivity index (χ1v) is 20.6. The largest absolute Gasteiger partial charge is 0.489 e. The van der Waals surface area contributed by atoms with Gasteiger partial charge in [0, 0.05) is 80.6 Å². The van der Waals surface area contributed by atoms with Crippen LogP contribution >= 0.6 is 23.2 Å². The van der Waals surface area contributed by atoms with Gasteiger partial charge in [0.05, 0.1) is 26.6 Å². The molecule has 0 radical (unpaired) electrons. The fourth-order valence-corrected chi connectivity index (χ4v) is 9.79. The number of likely N-dealkylation sites (N-methyl/N-ethyl adjacent to an activating group) is 1. The molecule has 10 nitrogen and oxygen atoms in total. The lowest BCUT2D eigenvalue weighted by molar-refractivity contribution is 0.208. The molecule has 4 heterocycles. The quantitative estimate of drug-likeness (QED) is 0.166. The van der Waals surface area contributed by atoms with Gasteiger partial charge in [-0.2, -0.15) is 4.98 Å². The Morgan fingerprint density at radius 1 is 0.961 bits per heavy atom. The SMILES string of the molecule is C=S(=O)(c1ccccc1)c1cc(Cl)c(-c2cc3cnc(Nc4ccc(OC5CCN(C)C5)cc4)nc3n(C3CCN(S(C)=O)CC3)c2=O)c(Cl)c1. The van der Waals surface area contributed by atoms with Crippen molar-refractivity contribution in [2.75, 3.05) is 44.8 Å². The Labute approximate surface area is 310 Å². The molecule has 3 unspecified atom stereocenters. The predicted octanol–water partition coefficient (Wildman–Crippen LogP) is 6.66. The highest BCUT2D eigenvalue weighted by atomic mass is 35.5. The molecule has 14 heteroatoms. The summed E-state index contributed by atoms with van der Waals surface area (Å²) >= 11 is 13.8. The van der Waals surface area contributed by atoms with Crippen molar-refractivity contribution in [1.29, 1.82) is 0 Å². The van der Waals surface area contributed by atoms with E-state index in [0.29, 0.717) is 58.3 Å². The molecule has 5 aromatic rings. The van der Waals surface area contributed by atoms with E-state index in [4.69, 9.17) is 32.9 Å². The molecule has 0 saturated carbocycles. The van der Waals surface area contributed by atoms with Gasteiger partial charge in [-0.15, -0.1) is 0 Å². The van der Waals surface area contributed by atoms with Gasteiger partial charge in [-0.1, -0.05) is 41.4 Å². The smallest absolute Gasteiger partial charge is 0.260 e. The van der Waals surface area contributed by atoms with Gasteiger partial charge in [0.2, 0.25) is 5.95 Å². The summed E-state index contributed by atoms with van der Waals surface area (Å²) < 4.78 is 35.8. The van der Waals surface area contributed by atoms with Crippen LogP contribution in [0, 0.1) is 0 Å². The lowest BCUT2D eigenvalue weighted by Crippen LogP contribution is -2.38. The summed E-state index contributed by atoms with van der Waals surface area (Å²) in [5, 5.41) is 4.24. The van der Waals surface area contributed by atoms with E-state index in [1.807, 2.05) is 34.6 Å². The standard InChI is InChI=1S/C37H38Cl2N6O4S2/c1-43-16-15-28(23-43)49-27-11-9-25(10-12-27)41-37-40-22-24-19-31(36(46)45(35(24)42-37)26-13-17-44(18-14-26)50(2)47)34-32(38)20-30(21-33(34)39)51(3,48)29-7-5-4-6-8-29/h4-12,19-22,26,28H,3,13-18,23H2,1-2H3,(H,40,41,42). The summed E-state index contributed by atoms with van der Waals surface area (Å²) in [5.41, 5.74) is 1.50. The second-order valence-corrected chi connectivity index (χ2v) is 17.5. The van der Waals surface area contributed by atoms with Crippen molar-refractivity contribution < 1.29 is 13.2 Å². The molecule has 3 atom stereocenters. The predicted molar refractivity (Wildman–Crippen MR) is 208 cm³/mol. The van der Waals surface area contributed by atoms with Crippen molar-refractivity contribution in [2.45, 2.75) is 41.2 Å². The number of ether oxygens (including phenoxy) is 1. The Bertz CT molecular complexity index is 2260. The van der Waals surface area contributed by atoms with Crippen molar-refractivity contribution >= 4 is 72.2 Å². The molecule has 0 amide bonds. The first-order valence-electron chi connectivity index (χ1n) is 16.6. The third-order valence-corrected chi connectivity index (χ3v) is 13.2. The van der Waals surface area contributed by atoms with Gasteiger partial charge in [0.1, 0.15) is 17.5 Å². The summed E-state index contributed by atoms with van der Waals surface area (Å²) in [7, 11) is -1.95. The monoisotopic (exact) mass is 764 g/mol. The number of rotatable bonds is 9. The summed E-state index contributed by atoms with van der Waals surface area (Å²) in [6.45, 7) is 3.04. The zero-order valence-electron chi connectivity index (χ0n) is 28.3. The number of benzene rings is 3. The Hall–Kier alpha value is -3.78. The lowest BCUT2D eigenvalue weighted by atomic mass is 10.0. The highest BCUT2D eigenvalue weighted by Gasteiger charge is 2.28. The molecule has 51 heavy (non-hydrogen) atoms. The molecule has 0 bridgehead atoms. The Morgan fingerprint density at radius 3 is 2.27 bits per heavy atom. The Kier molecular flexibility index (Phi) is 10.3. The number of nitrogens with zero attached hydrogens (tertiary/aromatic N) is 5. The average molecular weight is 766 g/mol. The maximum absolute atomic E-state index is 14.6. The van der Waals surface area contributed by atoms with Gasteiger partial charge in [-0.05, 0) is 86.8 Å². The second kappa shape index (κ2) is 14.7. The van der Waals surface area contributed by atoms with Gasteiger partial charge in [0.25, 0.3) is 5.56 Å². The third-order valence-electron chi connectivity index (χ3n) is 9.48. The number of anilines is 2. The zero-order valence-corrected chi connectivity index (χ0v) is 31.4. The van der Waals surface area contributed by atoms with Crippen LogP contribution in [-0.4, -0.2) is 83.6 Å². The minimum atomic E-state index is -2.92. The molecular formula is C37H38Cl2N6O4S2. The van der Waals surface area contributed by atoms with E-state index >= 15 is 0 Å². The average Bonchev–Trinajstić information content (AvgIpc) is 3.53. The van der Waals surface area contributed by atoms with Crippen LogP contribution in [-0.2, 0) is 20.5 Å². The van der Waals surface area contributed by atoms with Crippen molar-refractivity contribution in [1.82, 2.24) is 23.7 Å². The number of pyridine rings is 1. The zero-order chi connectivity index (χ0) is 35.9. The number of nitrogens with one attached hydrogen (secondary N) is 1. The minimum absolute atomic E-state index is 0.172. The molecule has 0 spiro atoms. The number of likely N-dealkylation sites (tertiary alicyclic amines) is 1. The Morgan fingerprint density at radius 2 is 1.65 bits per heavy atom. The number of hydrogen-bond acceptors (Lipinski definition) is 8. The summed E-state index contributed by atoms with van der Waals surface area (Å²) in [6.07, 6.45) is 5.67. The molecule has 7 rings (SSSR count). The molecule has 0 aliphatic carbocycles. The van der Waals surface area contributed by atoms with Gasteiger partial charge in [-0.25, -0.2) is 13.5 Å². The fourth-order valence-electron chi connectivity index (χ4n) is 6.76. The van der Waals surface area contributed by atoms with Crippen LogP contribution < -0.4 is 15.6 Å². The highest BCUT2D eigenvalue weighted by Crippen LogP contribution is 2.39. The topological polar surface area (TPSA) is 110 Å². The maximum atomic E-state index is 14.6. The van der Waals surface area contributed by atoms with E-state index in [1.54, 1.807) is 59.5 Å². The van der Waals surface area contributed by atoms with Gasteiger partial charge in [0.15, 0.2) is 0 Å². The van der Waals surface area contributed by atoms with E-state index in [9.17, 15) is 13.2 Å². The number of hydrogen-bond donors (Lipinski definition) is 1. The van der Waals surface area contributed by atoms with E-state index < -0.39 is 20.5 Å². The summed E-state index contributed by atoms with van der Waals surface area (Å²) in [6, 6.07) is 21.2. The lowest BCUT2D eigenvalue weighted by Gasteiger charge is -2.31. The van der Waals surface area contributed by atoms with E-state index in [0.717, 1.165) is 30.9 Å². The van der Waals surface area contributed by atoms with Crippen molar-refractivity contribution in [3.63, 3.8) is 0 Å². The van der Waals surface area contributed by atoms with Crippen LogP contribution in [0.5, 0.6) is 5.75 Å². The molecular weight excluding hydrogens is 727 g/mol. The molecule has 1 N–H and O–H groups in total.